The van der Waals surface area contributed by atoms with Gasteiger partial charge in [0.25, 0.3) is 5.56 Å². The number of aryl methyl sites for hydroxylation is 2. The molecule has 3 aromatic rings. The molecule has 2 unspecified atom stereocenters. The minimum atomic E-state index is -1.06. The molecule has 2 atom stereocenters. The number of rotatable bonds is 3. The van der Waals surface area contributed by atoms with Gasteiger partial charge in [0.2, 0.25) is 5.91 Å². The summed E-state index contributed by atoms with van der Waals surface area (Å²) >= 11 is 0. The van der Waals surface area contributed by atoms with Gasteiger partial charge >= 0.3 is 0 Å². The Kier molecular flexibility index (Phi) is 3.79. The van der Waals surface area contributed by atoms with E-state index in [1.807, 2.05) is 13.0 Å². The van der Waals surface area contributed by atoms with Gasteiger partial charge in [0.05, 0.1) is 11.4 Å². The highest BCUT2D eigenvalue weighted by Crippen LogP contribution is 2.34. The summed E-state index contributed by atoms with van der Waals surface area (Å²) in [6, 6.07) is 5.26. The minimum Gasteiger partial charge on any atom is -0.311 e. The number of hydrogen-bond donors (Lipinski definition) is 1. The van der Waals surface area contributed by atoms with Crippen molar-refractivity contribution in [1.82, 2.24) is 14.5 Å². The molecule has 0 bridgehead atoms. The zero-order valence-electron chi connectivity index (χ0n) is 14.4. The lowest BCUT2D eigenvalue weighted by Crippen LogP contribution is -2.20. The summed E-state index contributed by atoms with van der Waals surface area (Å²) in [5.74, 6) is -0.661. The predicted octanol–water partition coefficient (Wildman–Crippen LogP) is 2.60. The number of anilines is 1. The number of carbonyl (C=O) groups is 1. The lowest BCUT2D eigenvalue weighted by molar-refractivity contribution is -0.117. The Hall–Kier alpha value is -3.09. The lowest BCUT2D eigenvalue weighted by atomic mass is 10.0. The van der Waals surface area contributed by atoms with Crippen LogP contribution in [0, 0.1) is 12.8 Å². The van der Waals surface area contributed by atoms with Gasteiger partial charge in [-0.25, -0.2) is 9.37 Å². The third-order valence-corrected chi connectivity index (χ3v) is 4.74. The summed E-state index contributed by atoms with van der Waals surface area (Å²) in [5, 5.41) is 3.38. The molecular weight excluding hydrogens is 335 g/mol. The van der Waals surface area contributed by atoms with Crippen molar-refractivity contribution in [2.75, 3.05) is 5.32 Å². The first-order valence-corrected chi connectivity index (χ1v) is 8.31. The zero-order valence-corrected chi connectivity index (χ0v) is 14.4. The molecule has 0 saturated heterocycles. The average Bonchev–Trinajstić information content (AvgIpc) is 3.36. The normalized spacial score (nSPS) is 18.7. The van der Waals surface area contributed by atoms with Gasteiger partial charge in [-0.2, -0.15) is 0 Å². The third kappa shape index (κ3) is 2.75. The van der Waals surface area contributed by atoms with Crippen LogP contribution in [0.2, 0.25) is 0 Å². The Balaban J connectivity index is 1.77. The number of aromatic nitrogens is 3. The Morgan fingerprint density at radius 3 is 2.77 bits per heavy atom. The number of nitrogens with one attached hydrogen (secondary N) is 1. The van der Waals surface area contributed by atoms with Gasteiger partial charge in [0.1, 0.15) is 12.0 Å². The van der Waals surface area contributed by atoms with Crippen molar-refractivity contribution in [3.63, 3.8) is 0 Å². The standard InChI is InChI=1S/C19H17FN4O2/c1-10-3-4-21-9-14(10)12-5-11-8-22-17(7-16(11)24(2)19(12)26)23-18(25)13-6-15(13)20/h3-5,7-9,13,15H,6H2,1-2H3,(H,22,23,25). The molecule has 0 radical (unpaired) electrons. The fraction of sp³-hybridized carbons (Fsp3) is 0.263. The smallest absolute Gasteiger partial charge is 0.258 e. The number of carbonyl (C=O) groups excluding carboxylic acids is 1. The van der Waals surface area contributed by atoms with E-state index in [2.05, 4.69) is 15.3 Å². The SMILES string of the molecule is Cc1ccncc1-c1cc2cnc(NC(=O)C3CC3F)cc2n(C)c1=O. The average molecular weight is 352 g/mol. The molecule has 1 amide bonds. The van der Waals surface area contributed by atoms with E-state index in [1.54, 1.807) is 37.8 Å². The number of alkyl halides is 1. The van der Waals surface area contributed by atoms with E-state index in [4.69, 9.17) is 0 Å². The molecule has 7 heteroatoms. The molecule has 1 aliphatic carbocycles. The van der Waals surface area contributed by atoms with Crippen molar-refractivity contribution in [3.8, 4) is 11.1 Å². The molecule has 3 heterocycles. The molecule has 1 N–H and O–H groups in total. The van der Waals surface area contributed by atoms with E-state index in [0.717, 1.165) is 16.5 Å². The van der Waals surface area contributed by atoms with E-state index >= 15 is 0 Å². The van der Waals surface area contributed by atoms with Gasteiger partial charge in [-0.1, -0.05) is 0 Å². The van der Waals surface area contributed by atoms with Crippen LogP contribution < -0.4 is 10.9 Å². The number of fused-ring (bicyclic) bond motifs is 1. The Morgan fingerprint density at radius 1 is 1.31 bits per heavy atom. The van der Waals surface area contributed by atoms with E-state index in [9.17, 15) is 14.0 Å². The van der Waals surface area contributed by atoms with Crippen molar-refractivity contribution < 1.29 is 9.18 Å². The summed E-state index contributed by atoms with van der Waals surface area (Å²) in [6.45, 7) is 1.92. The van der Waals surface area contributed by atoms with Crippen molar-refractivity contribution in [1.29, 1.82) is 0 Å². The first-order chi connectivity index (χ1) is 12.5. The number of nitrogens with zero attached hydrogens (tertiary/aromatic N) is 3. The topological polar surface area (TPSA) is 76.9 Å². The number of amides is 1. The van der Waals surface area contributed by atoms with Crippen LogP contribution >= 0.6 is 0 Å². The molecule has 6 nitrogen and oxygen atoms in total. The van der Waals surface area contributed by atoms with Crippen molar-refractivity contribution >= 4 is 22.6 Å². The van der Waals surface area contributed by atoms with Crippen LogP contribution in [-0.2, 0) is 11.8 Å². The summed E-state index contributed by atoms with van der Waals surface area (Å²) in [4.78, 5) is 33.0. The van der Waals surface area contributed by atoms with Crippen LogP contribution in [0.15, 0.2) is 41.6 Å². The molecule has 4 rings (SSSR count). The van der Waals surface area contributed by atoms with Crippen LogP contribution in [-0.4, -0.2) is 26.6 Å². The molecule has 0 aromatic carbocycles. The fourth-order valence-electron chi connectivity index (χ4n) is 3.03. The largest absolute Gasteiger partial charge is 0.311 e. The maximum absolute atomic E-state index is 13.0. The van der Waals surface area contributed by atoms with Gasteiger partial charge in [-0.15, -0.1) is 0 Å². The lowest BCUT2D eigenvalue weighted by Gasteiger charge is -2.11. The highest BCUT2D eigenvalue weighted by Gasteiger charge is 2.43. The molecular formula is C19H17FN4O2. The molecule has 1 fully saturated rings. The summed E-state index contributed by atoms with van der Waals surface area (Å²) in [6.07, 6.45) is 4.14. The molecule has 26 heavy (non-hydrogen) atoms. The highest BCUT2D eigenvalue weighted by atomic mass is 19.1. The quantitative estimate of drug-likeness (QED) is 0.786. The number of hydrogen-bond acceptors (Lipinski definition) is 4. The maximum Gasteiger partial charge on any atom is 0.258 e. The third-order valence-electron chi connectivity index (χ3n) is 4.74. The summed E-state index contributed by atoms with van der Waals surface area (Å²) < 4.78 is 14.5. The molecule has 132 valence electrons. The van der Waals surface area contributed by atoms with Crippen LogP contribution in [0.5, 0.6) is 0 Å². The minimum absolute atomic E-state index is 0.164. The van der Waals surface area contributed by atoms with Gasteiger partial charge in [0, 0.05) is 48.2 Å². The number of pyridine rings is 3. The monoisotopic (exact) mass is 352 g/mol. The first kappa shape index (κ1) is 16.4. The van der Waals surface area contributed by atoms with Crippen molar-refractivity contribution in [3.05, 3.63) is 52.7 Å². The molecule has 0 aliphatic heterocycles. The van der Waals surface area contributed by atoms with Gasteiger partial charge in [0.15, 0.2) is 0 Å². The predicted molar refractivity (Wildman–Crippen MR) is 96.6 cm³/mol. The van der Waals surface area contributed by atoms with Gasteiger partial charge in [-0.05, 0) is 31.0 Å². The molecule has 0 spiro atoms. The van der Waals surface area contributed by atoms with Crippen molar-refractivity contribution in [2.45, 2.75) is 19.5 Å². The Bertz CT molecular complexity index is 1090. The van der Waals surface area contributed by atoms with Gasteiger partial charge in [-0.3, -0.25) is 14.6 Å². The van der Waals surface area contributed by atoms with Crippen LogP contribution in [0.25, 0.3) is 22.0 Å². The van der Waals surface area contributed by atoms with Crippen LogP contribution in [0.4, 0.5) is 10.2 Å². The Labute approximate surface area is 148 Å². The van der Waals surface area contributed by atoms with Crippen LogP contribution in [0.1, 0.15) is 12.0 Å². The van der Waals surface area contributed by atoms with E-state index in [0.29, 0.717) is 16.9 Å². The summed E-state index contributed by atoms with van der Waals surface area (Å²) in [5.41, 5.74) is 2.75. The second kappa shape index (κ2) is 6.01. The van der Waals surface area contributed by atoms with Gasteiger partial charge < -0.3 is 9.88 Å². The maximum atomic E-state index is 13.0. The second-order valence-corrected chi connectivity index (χ2v) is 6.59. The van der Waals surface area contributed by atoms with E-state index in [-0.39, 0.29) is 17.9 Å². The first-order valence-electron chi connectivity index (χ1n) is 8.31. The second-order valence-electron chi connectivity index (χ2n) is 6.59. The Morgan fingerprint density at radius 2 is 2.08 bits per heavy atom. The number of halogens is 1. The molecule has 1 saturated carbocycles. The highest BCUT2D eigenvalue weighted by molar-refractivity contribution is 5.95. The van der Waals surface area contributed by atoms with E-state index < -0.39 is 12.1 Å². The fourth-order valence-corrected chi connectivity index (χ4v) is 3.03. The zero-order chi connectivity index (χ0) is 18.4. The molecule has 1 aliphatic rings. The van der Waals surface area contributed by atoms with Crippen molar-refractivity contribution in [2.24, 2.45) is 13.0 Å². The van der Waals surface area contributed by atoms with E-state index in [1.165, 1.54) is 4.57 Å². The van der Waals surface area contributed by atoms with Crippen LogP contribution in [0.3, 0.4) is 0 Å². The molecule has 3 aromatic heterocycles. The summed E-state index contributed by atoms with van der Waals surface area (Å²) in [7, 11) is 1.67.